The Labute approximate surface area is 195 Å². The van der Waals surface area contributed by atoms with Crippen LogP contribution in [0, 0.1) is 0 Å². The zero-order valence-electron chi connectivity index (χ0n) is 21.0. The predicted octanol–water partition coefficient (Wildman–Crippen LogP) is 1.95. The molecule has 0 heterocycles. The van der Waals surface area contributed by atoms with Gasteiger partial charge in [-0.1, -0.05) is 13.8 Å². The molecule has 0 saturated heterocycles. The number of carboxylic acid groups (broad SMARTS) is 1. The van der Waals surface area contributed by atoms with E-state index in [0.717, 1.165) is 0 Å². The molecule has 192 valence electrons. The van der Waals surface area contributed by atoms with Crippen molar-refractivity contribution in [3.8, 4) is 0 Å². The van der Waals surface area contributed by atoms with E-state index in [1.807, 2.05) is 0 Å². The summed E-state index contributed by atoms with van der Waals surface area (Å²) in [5.74, 6) is -2.07. The molecule has 0 rings (SSSR count). The van der Waals surface area contributed by atoms with Crippen LogP contribution in [-0.4, -0.2) is 72.1 Å². The summed E-state index contributed by atoms with van der Waals surface area (Å²) in [6, 6.07) is -1.63. The number of esters is 1. The first-order valence-corrected chi connectivity index (χ1v) is 10.5. The van der Waals surface area contributed by atoms with E-state index in [4.69, 9.17) is 14.6 Å². The van der Waals surface area contributed by atoms with Gasteiger partial charge >= 0.3 is 24.1 Å². The number of carbonyl (C=O) groups is 5. The van der Waals surface area contributed by atoms with Gasteiger partial charge in [-0.3, -0.25) is 9.59 Å². The highest BCUT2D eigenvalue weighted by Crippen LogP contribution is 2.08. The number of amides is 3. The lowest BCUT2D eigenvalue weighted by atomic mass is 10.2. The predicted molar refractivity (Wildman–Crippen MR) is 120 cm³/mol. The number of hydrogen-bond donors (Lipinski definition) is 4. The van der Waals surface area contributed by atoms with E-state index in [2.05, 4.69) is 20.7 Å². The molecule has 0 aliphatic heterocycles. The van der Waals surface area contributed by atoms with Crippen LogP contribution < -0.4 is 16.0 Å². The van der Waals surface area contributed by atoms with Crippen LogP contribution in [0.25, 0.3) is 0 Å². The van der Waals surface area contributed by atoms with Crippen LogP contribution in [0.1, 0.15) is 68.2 Å². The topological polar surface area (TPSA) is 169 Å². The molecule has 0 spiro atoms. The van der Waals surface area contributed by atoms with Gasteiger partial charge in [0.15, 0.2) is 0 Å². The summed E-state index contributed by atoms with van der Waals surface area (Å²) in [5, 5.41) is 15.7. The fourth-order valence-electron chi connectivity index (χ4n) is 1.95. The van der Waals surface area contributed by atoms with Gasteiger partial charge in [-0.05, 0) is 54.4 Å². The normalized spacial score (nSPS) is 12.6. The number of carboxylic acids is 1. The van der Waals surface area contributed by atoms with Crippen LogP contribution >= 0.6 is 0 Å². The first kappa shape index (κ1) is 32.1. The second-order valence-corrected chi connectivity index (χ2v) is 8.85. The van der Waals surface area contributed by atoms with E-state index in [0.29, 0.717) is 12.8 Å². The summed E-state index contributed by atoms with van der Waals surface area (Å²) < 4.78 is 14.3. The van der Waals surface area contributed by atoms with E-state index < -0.39 is 53.3 Å². The molecule has 0 aliphatic rings. The Morgan fingerprint density at radius 2 is 1.18 bits per heavy atom. The molecule has 12 nitrogen and oxygen atoms in total. The third-order valence-electron chi connectivity index (χ3n) is 3.45. The highest BCUT2D eigenvalue weighted by atomic mass is 16.6. The lowest BCUT2D eigenvalue weighted by Gasteiger charge is -2.22. The average molecular weight is 478 g/mol. The number of ether oxygens (including phenoxy) is 3. The van der Waals surface area contributed by atoms with E-state index in [1.54, 1.807) is 55.4 Å². The number of nitrogens with one attached hydrogen (secondary N) is 3. The Balaban J connectivity index is 0. The highest BCUT2D eigenvalue weighted by molar-refractivity contribution is 5.88. The van der Waals surface area contributed by atoms with Gasteiger partial charge in [-0.25, -0.2) is 14.4 Å². The first-order valence-electron chi connectivity index (χ1n) is 10.5. The third kappa shape index (κ3) is 18.2. The van der Waals surface area contributed by atoms with Gasteiger partial charge in [0.05, 0.1) is 7.11 Å². The molecule has 12 heteroatoms. The van der Waals surface area contributed by atoms with Crippen molar-refractivity contribution in [1.29, 1.82) is 0 Å². The Morgan fingerprint density at radius 1 is 0.788 bits per heavy atom. The highest BCUT2D eigenvalue weighted by Gasteiger charge is 2.24. The van der Waals surface area contributed by atoms with Gasteiger partial charge in [-0.2, -0.15) is 0 Å². The fourth-order valence-corrected chi connectivity index (χ4v) is 1.95. The molecule has 0 unspecified atom stereocenters. The number of rotatable bonds is 8. The van der Waals surface area contributed by atoms with Crippen LogP contribution in [0.5, 0.6) is 0 Å². The summed E-state index contributed by atoms with van der Waals surface area (Å²) >= 11 is 0. The summed E-state index contributed by atoms with van der Waals surface area (Å²) in [6.45, 7) is 13.5. The van der Waals surface area contributed by atoms with Crippen molar-refractivity contribution in [2.75, 3.05) is 13.7 Å². The van der Waals surface area contributed by atoms with Crippen molar-refractivity contribution in [1.82, 2.24) is 16.0 Å². The molecule has 2 atom stereocenters. The summed E-state index contributed by atoms with van der Waals surface area (Å²) in [7, 11) is 1.23. The third-order valence-corrected chi connectivity index (χ3v) is 3.45. The van der Waals surface area contributed by atoms with E-state index in [1.165, 1.54) is 7.11 Å². The Hall–Kier alpha value is -3.05. The fraction of sp³-hybridized carbons (Fsp3) is 0.762. The summed E-state index contributed by atoms with van der Waals surface area (Å²) in [6.07, 6.45) is -0.666. The smallest absolute Gasteiger partial charge is 0.408 e. The molecule has 33 heavy (non-hydrogen) atoms. The van der Waals surface area contributed by atoms with Crippen molar-refractivity contribution in [3.63, 3.8) is 0 Å². The second kappa shape index (κ2) is 14.9. The molecule has 0 saturated carbocycles. The summed E-state index contributed by atoms with van der Waals surface area (Å²) in [4.78, 5) is 55.8. The molecule has 0 fully saturated rings. The largest absolute Gasteiger partial charge is 0.480 e. The van der Waals surface area contributed by atoms with Crippen LogP contribution in [0.15, 0.2) is 0 Å². The molecule has 0 aromatic heterocycles. The van der Waals surface area contributed by atoms with Crippen LogP contribution in [0.2, 0.25) is 0 Å². The Bertz CT molecular complexity index is 667. The molecule has 0 aromatic rings. The van der Waals surface area contributed by atoms with Gasteiger partial charge in [0.25, 0.3) is 0 Å². The van der Waals surface area contributed by atoms with Crippen LogP contribution in [0.4, 0.5) is 9.59 Å². The quantitative estimate of drug-likeness (QED) is 0.301. The van der Waals surface area contributed by atoms with Crippen molar-refractivity contribution in [3.05, 3.63) is 0 Å². The van der Waals surface area contributed by atoms with Gasteiger partial charge in [0.1, 0.15) is 29.8 Å². The summed E-state index contributed by atoms with van der Waals surface area (Å²) in [5.41, 5.74) is -1.24. The molecular weight excluding hydrogens is 438 g/mol. The zero-order valence-corrected chi connectivity index (χ0v) is 21.0. The number of alkyl carbamates (subject to hydrolysis) is 2. The number of carbonyl (C=O) groups excluding carboxylic acids is 4. The molecular formula is C21H39N3O9. The van der Waals surface area contributed by atoms with Gasteiger partial charge in [0.2, 0.25) is 5.91 Å². The van der Waals surface area contributed by atoms with Crippen molar-refractivity contribution in [2.45, 2.75) is 91.5 Å². The maximum Gasteiger partial charge on any atom is 0.408 e. The van der Waals surface area contributed by atoms with Crippen molar-refractivity contribution >= 4 is 30.0 Å². The van der Waals surface area contributed by atoms with Crippen LogP contribution in [0.3, 0.4) is 0 Å². The maximum absolute atomic E-state index is 11.7. The standard InChI is InChI=1S/C12H22N2O5.C9H17NO4/c1-6-8(10(16)13-7-9(15)18-5)14-11(17)19-12(2,3)4;1-5-6(7(11)12)10-8(13)14-9(2,3)4/h8H,6-7H2,1-5H3,(H,13,16)(H,14,17);6H,5H2,1-4H3,(H,10,13)(H,11,12)/t8-;6-/m00/s1. The molecule has 4 N–H and O–H groups in total. The number of aliphatic carboxylic acids is 1. The van der Waals surface area contributed by atoms with Crippen molar-refractivity contribution < 1.29 is 43.3 Å². The van der Waals surface area contributed by atoms with E-state index >= 15 is 0 Å². The zero-order chi connectivity index (χ0) is 26.4. The lowest BCUT2D eigenvalue weighted by Crippen LogP contribution is -2.48. The molecule has 0 bridgehead atoms. The molecule has 0 aromatic carbocycles. The minimum absolute atomic E-state index is 0.234. The SMILES string of the molecule is CC[C@H](NC(=O)OC(C)(C)C)C(=O)NCC(=O)OC.CC[C@H](NC(=O)OC(C)(C)C)C(=O)O. The van der Waals surface area contributed by atoms with Crippen molar-refractivity contribution in [2.24, 2.45) is 0 Å². The minimum Gasteiger partial charge on any atom is -0.480 e. The number of hydrogen-bond acceptors (Lipinski definition) is 8. The molecule has 0 radical (unpaired) electrons. The molecule has 0 aliphatic carbocycles. The van der Waals surface area contributed by atoms with Gasteiger partial charge < -0.3 is 35.3 Å². The lowest BCUT2D eigenvalue weighted by molar-refractivity contribution is -0.141. The minimum atomic E-state index is -1.06. The molecule has 3 amide bonds. The average Bonchev–Trinajstić information content (AvgIpc) is 2.65. The van der Waals surface area contributed by atoms with Gasteiger partial charge in [0, 0.05) is 0 Å². The maximum atomic E-state index is 11.7. The second-order valence-electron chi connectivity index (χ2n) is 8.85. The Kier molecular flexibility index (Phi) is 14.5. The van der Waals surface area contributed by atoms with Crippen LogP contribution in [-0.2, 0) is 28.6 Å². The monoisotopic (exact) mass is 477 g/mol. The van der Waals surface area contributed by atoms with E-state index in [9.17, 15) is 24.0 Å². The van der Waals surface area contributed by atoms with Gasteiger partial charge in [-0.15, -0.1) is 0 Å². The number of methoxy groups -OCH3 is 1. The van der Waals surface area contributed by atoms with E-state index in [-0.39, 0.29) is 6.54 Å². The Morgan fingerprint density at radius 3 is 1.48 bits per heavy atom. The first-order chi connectivity index (χ1) is 14.9.